The van der Waals surface area contributed by atoms with Crippen molar-refractivity contribution < 1.29 is 0 Å². The van der Waals surface area contributed by atoms with Crippen LogP contribution in [0.4, 0.5) is 0 Å². The van der Waals surface area contributed by atoms with Crippen molar-refractivity contribution in [2.24, 2.45) is 12.8 Å². The lowest BCUT2D eigenvalue weighted by molar-refractivity contribution is 0.714. The number of aryl methyl sites for hydroxylation is 3. The summed E-state index contributed by atoms with van der Waals surface area (Å²) in [4.78, 5) is 0. The SMILES string of the molecule is Cn1nc(-c2ccc3c(c2)CCC3)cc1CN. The molecule has 3 heteroatoms. The highest BCUT2D eigenvalue weighted by atomic mass is 15.3. The van der Waals surface area contributed by atoms with Crippen LogP contribution in [0.15, 0.2) is 24.3 Å². The fourth-order valence-electron chi connectivity index (χ4n) is 2.57. The summed E-state index contributed by atoms with van der Waals surface area (Å²) in [6, 6.07) is 8.78. The van der Waals surface area contributed by atoms with Gasteiger partial charge < -0.3 is 5.73 Å². The highest BCUT2D eigenvalue weighted by Gasteiger charge is 2.13. The normalized spacial score (nSPS) is 14.0. The van der Waals surface area contributed by atoms with E-state index in [1.165, 1.54) is 36.0 Å². The minimum absolute atomic E-state index is 0.536. The number of hydrogen-bond acceptors (Lipinski definition) is 2. The highest BCUT2D eigenvalue weighted by Crippen LogP contribution is 2.27. The van der Waals surface area contributed by atoms with Crippen molar-refractivity contribution in [2.75, 3.05) is 0 Å². The molecule has 1 aliphatic carbocycles. The lowest BCUT2D eigenvalue weighted by Gasteiger charge is -2.01. The van der Waals surface area contributed by atoms with Gasteiger partial charge in [0.1, 0.15) is 0 Å². The summed E-state index contributed by atoms with van der Waals surface area (Å²) in [5.41, 5.74) is 12.0. The van der Waals surface area contributed by atoms with E-state index in [0.717, 1.165) is 11.4 Å². The number of nitrogens with two attached hydrogens (primary N) is 1. The summed E-state index contributed by atoms with van der Waals surface area (Å²) in [7, 11) is 1.94. The molecule has 2 aromatic rings. The first-order valence-electron chi connectivity index (χ1n) is 6.13. The predicted molar refractivity (Wildman–Crippen MR) is 68.6 cm³/mol. The van der Waals surface area contributed by atoms with Crippen molar-refractivity contribution in [2.45, 2.75) is 25.8 Å². The van der Waals surface area contributed by atoms with Crippen LogP contribution in [0.2, 0.25) is 0 Å². The second-order valence-corrected chi connectivity index (χ2v) is 4.69. The largest absolute Gasteiger partial charge is 0.325 e. The van der Waals surface area contributed by atoms with Gasteiger partial charge in [-0.2, -0.15) is 5.10 Å². The topological polar surface area (TPSA) is 43.8 Å². The Morgan fingerprint density at radius 2 is 2.06 bits per heavy atom. The standard InChI is InChI=1S/C14H17N3/c1-17-13(9-15)8-14(16-17)12-6-5-10-3-2-4-11(10)7-12/h5-8H,2-4,9,15H2,1H3. The summed E-state index contributed by atoms with van der Waals surface area (Å²) in [5, 5.41) is 4.51. The molecular weight excluding hydrogens is 210 g/mol. The summed E-state index contributed by atoms with van der Waals surface area (Å²) < 4.78 is 1.86. The molecule has 17 heavy (non-hydrogen) atoms. The molecule has 0 aliphatic heterocycles. The van der Waals surface area contributed by atoms with Gasteiger partial charge in [-0.05, 0) is 42.5 Å². The van der Waals surface area contributed by atoms with Crippen LogP contribution >= 0.6 is 0 Å². The number of rotatable bonds is 2. The average molecular weight is 227 g/mol. The van der Waals surface area contributed by atoms with E-state index in [0.29, 0.717) is 6.54 Å². The molecule has 0 fully saturated rings. The number of aromatic nitrogens is 2. The molecular formula is C14H17N3. The molecule has 0 saturated heterocycles. The van der Waals surface area contributed by atoms with Gasteiger partial charge in [0, 0.05) is 19.2 Å². The number of nitrogens with zero attached hydrogens (tertiary/aromatic N) is 2. The summed E-state index contributed by atoms with van der Waals surface area (Å²) in [6.45, 7) is 0.536. The minimum atomic E-state index is 0.536. The molecule has 3 rings (SSSR count). The molecule has 0 atom stereocenters. The number of hydrogen-bond donors (Lipinski definition) is 1. The van der Waals surface area contributed by atoms with Crippen LogP contribution in [0, 0.1) is 0 Å². The van der Waals surface area contributed by atoms with E-state index in [1.807, 2.05) is 11.7 Å². The van der Waals surface area contributed by atoms with Gasteiger partial charge in [-0.3, -0.25) is 4.68 Å². The monoisotopic (exact) mass is 227 g/mol. The van der Waals surface area contributed by atoms with E-state index >= 15 is 0 Å². The van der Waals surface area contributed by atoms with Crippen LogP contribution in [0.25, 0.3) is 11.3 Å². The molecule has 0 unspecified atom stereocenters. The zero-order valence-electron chi connectivity index (χ0n) is 10.1. The van der Waals surface area contributed by atoms with Gasteiger partial charge in [-0.15, -0.1) is 0 Å². The lowest BCUT2D eigenvalue weighted by Crippen LogP contribution is -2.03. The predicted octanol–water partition coefficient (Wildman–Crippen LogP) is 2.03. The Morgan fingerprint density at radius 3 is 2.82 bits per heavy atom. The number of benzene rings is 1. The van der Waals surface area contributed by atoms with Crippen molar-refractivity contribution in [1.82, 2.24) is 9.78 Å². The van der Waals surface area contributed by atoms with Crippen LogP contribution in [0.5, 0.6) is 0 Å². The molecule has 1 aromatic heterocycles. The van der Waals surface area contributed by atoms with E-state index in [4.69, 9.17) is 5.73 Å². The molecule has 3 nitrogen and oxygen atoms in total. The third-order valence-corrected chi connectivity index (χ3v) is 3.58. The van der Waals surface area contributed by atoms with Crippen LogP contribution in [0.1, 0.15) is 23.2 Å². The zero-order chi connectivity index (χ0) is 11.8. The maximum Gasteiger partial charge on any atom is 0.0926 e. The van der Waals surface area contributed by atoms with Gasteiger partial charge in [0.15, 0.2) is 0 Å². The van der Waals surface area contributed by atoms with Crippen LogP contribution in [-0.2, 0) is 26.4 Å². The van der Waals surface area contributed by atoms with Crippen LogP contribution in [0.3, 0.4) is 0 Å². The van der Waals surface area contributed by atoms with Gasteiger partial charge in [-0.25, -0.2) is 0 Å². The third kappa shape index (κ3) is 1.76. The minimum Gasteiger partial charge on any atom is -0.325 e. The molecule has 0 spiro atoms. The van der Waals surface area contributed by atoms with Gasteiger partial charge in [0.25, 0.3) is 0 Å². The fourth-order valence-corrected chi connectivity index (χ4v) is 2.57. The van der Waals surface area contributed by atoms with Gasteiger partial charge in [0.2, 0.25) is 0 Å². The maximum absolute atomic E-state index is 5.67. The van der Waals surface area contributed by atoms with E-state index < -0.39 is 0 Å². The van der Waals surface area contributed by atoms with E-state index in [1.54, 1.807) is 0 Å². The van der Waals surface area contributed by atoms with E-state index in [2.05, 4.69) is 29.4 Å². The Labute approximate surface area is 101 Å². The van der Waals surface area contributed by atoms with Crippen molar-refractivity contribution in [3.8, 4) is 11.3 Å². The molecule has 88 valence electrons. The molecule has 0 bridgehead atoms. The quantitative estimate of drug-likeness (QED) is 0.853. The first kappa shape index (κ1) is 10.5. The molecule has 0 radical (unpaired) electrons. The highest BCUT2D eigenvalue weighted by molar-refractivity contribution is 5.62. The van der Waals surface area contributed by atoms with E-state index in [9.17, 15) is 0 Å². The first-order valence-corrected chi connectivity index (χ1v) is 6.13. The summed E-state index contributed by atoms with van der Waals surface area (Å²) in [6.07, 6.45) is 3.72. The molecule has 0 saturated carbocycles. The molecule has 2 N–H and O–H groups in total. The second kappa shape index (κ2) is 4.00. The summed E-state index contributed by atoms with van der Waals surface area (Å²) >= 11 is 0. The smallest absolute Gasteiger partial charge is 0.0926 e. The maximum atomic E-state index is 5.67. The van der Waals surface area contributed by atoms with Gasteiger partial charge in [0.05, 0.1) is 11.4 Å². The zero-order valence-corrected chi connectivity index (χ0v) is 10.1. The summed E-state index contributed by atoms with van der Waals surface area (Å²) in [5.74, 6) is 0. The Morgan fingerprint density at radius 1 is 1.24 bits per heavy atom. The Bertz CT molecular complexity index is 555. The first-order chi connectivity index (χ1) is 8.28. The Hall–Kier alpha value is -1.61. The fraction of sp³-hybridized carbons (Fsp3) is 0.357. The molecule has 1 heterocycles. The average Bonchev–Trinajstić information content (AvgIpc) is 2.93. The lowest BCUT2D eigenvalue weighted by atomic mass is 10.0. The molecule has 1 aliphatic rings. The molecule has 0 amide bonds. The Balaban J connectivity index is 2.03. The van der Waals surface area contributed by atoms with Gasteiger partial charge in [-0.1, -0.05) is 12.1 Å². The van der Waals surface area contributed by atoms with Gasteiger partial charge >= 0.3 is 0 Å². The molecule has 1 aromatic carbocycles. The third-order valence-electron chi connectivity index (χ3n) is 3.58. The number of fused-ring (bicyclic) bond motifs is 1. The van der Waals surface area contributed by atoms with Crippen molar-refractivity contribution in [1.29, 1.82) is 0 Å². The van der Waals surface area contributed by atoms with Crippen molar-refractivity contribution in [3.63, 3.8) is 0 Å². The van der Waals surface area contributed by atoms with Crippen LogP contribution in [-0.4, -0.2) is 9.78 Å². The van der Waals surface area contributed by atoms with Crippen LogP contribution < -0.4 is 5.73 Å². The van der Waals surface area contributed by atoms with Crippen molar-refractivity contribution in [3.05, 3.63) is 41.1 Å². The Kier molecular flexibility index (Phi) is 2.48. The van der Waals surface area contributed by atoms with E-state index in [-0.39, 0.29) is 0 Å². The van der Waals surface area contributed by atoms with Crippen molar-refractivity contribution >= 4 is 0 Å². The second-order valence-electron chi connectivity index (χ2n) is 4.69.